The summed E-state index contributed by atoms with van der Waals surface area (Å²) in [7, 11) is -3.57. The van der Waals surface area contributed by atoms with E-state index in [0.29, 0.717) is 5.69 Å². The second-order valence-electron chi connectivity index (χ2n) is 4.35. The summed E-state index contributed by atoms with van der Waals surface area (Å²) in [5.74, 6) is -0.549. The molecule has 108 valence electrons. The van der Waals surface area contributed by atoms with Gasteiger partial charge in [0.25, 0.3) is 0 Å². The van der Waals surface area contributed by atoms with Crippen LogP contribution < -0.4 is 5.14 Å². The van der Waals surface area contributed by atoms with Crippen molar-refractivity contribution in [2.45, 2.75) is 13.5 Å². The predicted molar refractivity (Wildman–Crippen MR) is 78.0 cm³/mol. The summed E-state index contributed by atoms with van der Waals surface area (Å²) in [6, 6.07) is 5.91. The van der Waals surface area contributed by atoms with Gasteiger partial charge >= 0.3 is 0 Å². The average molecular weight is 362 g/mol. The molecule has 20 heavy (non-hydrogen) atoms. The van der Waals surface area contributed by atoms with E-state index in [-0.39, 0.29) is 18.1 Å². The summed E-state index contributed by atoms with van der Waals surface area (Å²) in [6.07, 6.45) is 0. The van der Waals surface area contributed by atoms with Crippen LogP contribution in [0.25, 0.3) is 11.3 Å². The molecule has 0 aliphatic rings. The van der Waals surface area contributed by atoms with Crippen molar-refractivity contribution in [1.29, 1.82) is 0 Å². The van der Waals surface area contributed by atoms with Crippen molar-refractivity contribution in [2.24, 2.45) is 5.14 Å². The van der Waals surface area contributed by atoms with Crippen molar-refractivity contribution >= 4 is 26.0 Å². The SMILES string of the molecule is Cc1nn(CCS(N)(=O)=O)c(-c2ccc(F)cc2)c1Br. The minimum atomic E-state index is -3.57. The van der Waals surface area contributed by atoms with Gasteiger partial charge in [0.15, 0.2) is 0 Å². The Bertz CT molecular complexity index is 726. The molecule has 1 heterocycles. The fraction of sp³-hybridized carbons (Fsp3) is 0.250. The molecular weight excluding hydrogens is 349 g/mol. The molecule has 0 saturated heterocycles. The van der Waals surface area contributed by atoms with Crippen molar-refractivity contribution in [3.05, 3.63) is 40.2 Å². The Hall–Kier alpha value is -1.25. The highest BCUT2D eigenvalue weighted by Gasteiger charge is 2.16. The zero-order valence-electron chi connectivity index (χ0n) is 10.7. The number of nitrogens with two attached hydrogens (primary N) is 1. The third-order valence-corrected chi connectivity index (χ3v) is 4.46. The van der Waals surface area contributed by atoms with Crippen LogP contribution in [-0.2, 0) is 16.6 Å². The highest BCUT2D eigenvalue weighted by molar-refractivity contribution is 9.10. The van der Waals surface area contributed by atoms with Crippen molar-refractivity contribution in [1.82, 2.24) is 9.78 Å². The van der Waals surface area contributed by atoms with E-state index in [2.05, 4.69) is 21.0 Å². The molecule has 0 saturated carbocycles. The molecule has 0 amide bonds. The van der Waals surface area contributed by atoms with Gasteiger partial charge < -0.3 is 0 Å². The van der Waals surface area contributed by atoms with E-state index in [1.807, 2.05) is 0 Å². The first kappa shape index (κ1) is 15.1. The summed E-state index contributed by atoms with van der Waals surface area (Å²) in [5.41, 5.74) is 2.16. The lowest BCUT2D eigenvalue weighted by molar-refractivity contribution is 0.582. The van der Waals surface area contributed by atoms with Gasteiger partial charge in [0.2, 0.25) is 10.0 Å². The van der Waals surface area contributed by atoms with Gasteiger partial charge in [0.1, 0.15) is 5.82 Å². The number of halogens is 2. The Balaban J connectivity index is 2.43. The van der Waals surface area contributed by atoms with Crippen LogP contribution in [0.15, 0.2) is 28.7 Å². The van der Waals surface area contributed by atoms with E-state index in [0.717, 1.165) is 15.7 Å². The number of nitrogens with zero attached hydrogens (tertiary/aromatic N) is 2. The lowest BCUT2D eigenvalue weighted by atomic mass is 10.1. The minimum absolute atomic E-state index is 0.137. The zero-order valence-corrected chi connectivity index (χ0v) is 13.1. The van der Waals surface area contributed by atoms with Gasteiger partial charge in [0.05, 0.1) is 28.2 Å². The second kappa shape index (κ2) is 5.63. The molecule has 0 aliphatic carbocycles. The topological polar surface area (TPSA) is 78.0 Å². The summed E-state index contributed by atoms with van der Waals surface area (Å²) in [6.45, 7) is 1.93. The Labute approximate surface area is 124 Å². The average Bonchev–Trinajstić information content (AvgIpc) is 2.64. The molecule has 0 radical (unpaired) electrons. The molecule has 0 unspecified atom stereocenters. The van der Waals surface area contributed by atoms with E-state index >= 15 is 0 Å². The van der Waals surface area contributed by atoms with Crippen LogP contribution in [0, 0.1) is 12.7 Å². The second-order valence-corrected chi connectivity index (χ2v) is 6.87. The summed E-state index contributed by atoms with van der Waals surface area (Å²) >= 11 is 3.42. The molecule has 2 N–H and O–H groups in total. The van der Waals surface area contributed by atoms with Gasteiger partial charge in [0, 0.05) is 5.56 Å². The number of hydrogen-bond donors (Lipinski definition) is 1. The summed E-state index contributed by atoms with van der Waals surface area (Å²) in [5, 5.41) is 9.27. The molecule has 0 bridgehead atoms. The molecule has 0 atom stereocenters. The van der Waals surface area contributed by atoms with Gasteiger partial charge in [-0.3, -0.25) is 4.68 Å². The first-order chi connectivity index (χ1) is 9.28. The Kier molecular flexibility index (Phi) is 4.26. The standard InChI is InChI=1S/C12H13BrFN3O2S/c1-8-11(13)12(9-2-4-10(14)5-3-9)17(16-8)6-7-20(15,18)19/h2-5H,6-7H2,1H3,(H2,15,18,19). The van der Waals surface area contributed by atoms with Crippen molar-refractivity contribution in [2.75, 3.05) is 5.75 Å². The maximum Gasteiger partial charge on any atom is 0.210 e. The number of aryl methyl sites for hydroxylation is 2. The largest absolute Gasteiger partial charge is 0.262 e. The van der Waals surface area contributed by atoms with E-state index in [1.54, 1.807) is 23.7 Å². The van der Waals surface area contributed by atoms with Crippen LogP contribution in [0.4, 0.5) is 4.39 Å². The Morgan fingerprint density at radius 1 is 1.35 bits per heavy atom. The van der Waals surface area contributed by atoms with Gasteiger partial charge in [-0.05, 0) is 47.1 Å². The lowest BCUT2D eigenvalue weighted by Gasteiger charge is -2.07. The molecule has 0 fully saturated rings. The summed E-state index contributed by atoms with van der Waals surface area (Å²) in [4.78, 5) is 0. The normalized spacial score (nSPS) is 11.8. The molecule has 0 spiro atoms. The van der Waals surface area contributed by atoms with Crippen molar-refractivity contribution in [3.63, 3.8) is 0 Å². The zero-order chi connectivity index (χ0) is 14.9. The molecule has 2 rings (SSSR count). The third kappa shape index (κ3) is 3.44. The number of rotatable bonds is 4. The maximum absolute atomic E-state index is 13.0. The van der Waals surface area contributed by atoms with Gasteiger partial charge in [-0.25, -0.2) is 17.9 Å². The van der Waals surface area contributed by atoms with Crippen LogP contribution in [-0.4, -0.2) is 24.0 Å². The number of sulfonamides is 1. The molecule has 8 heteroatoms. The molecular formula is C12H13BrFN3O2S. The highest BCUT2D eigenvalue weighted by atomic mass is 79.9. The quantitative estimate of drug-likeness (QED) is 0.904. The number of hydrogen-bond acceptors (Lipinski definition) is 3. The van der Waals surface area contributed by atoms with Crippen molar-refractivity contribution in [3.8, 4) is 11.3 Å². The van der Waals surface area contributed by atoms with E-state index in [1.165, 1.54) is 12.1 Å². The third-order valence-electron chi connectivity index (χ3n) is 2.76. The van der Waals surface area contributed by atoms with Crippen LogP contribution >= 0.6 is 15.9 Å². The molecule has 2 aromatic rings. The van der Waals surface area contributed by atoms with Crippen LogP contribution in [0.1, 0.15) is 5.69 Å². The first-order valence-corrected chi connectivity index (χ1v) is 8.28. The van der Waals surface area contributed by atoms with Gasteiger partial charge in [-0.1, -0.05) is 0 Å². The molecule has 1 aromatic heterocycles. The maximum atomic E-state index is 13.0. The predicted octanol–water partition coefficient (Wildman–Crippen LogP) is 2.05. The van der Waals surface area contributed by atoms with E-state index in [9.17, 15) is 12.8 Å². The van der Waals surface area contributed by atoms with Crippen molar-refractivity contribution < 1.29 is 12.8 Å². The molecule has 0 aliphatic heterocycles. The van der Waals surface area contributed by atoms with Crippen LogP contribution in [0.2, 0.25) is 0 Å². The number of aromatic nitrogens is 2. The molecule has 1 aromatic carbocycles. The number of primary sulfonamides is 1. The summed E-state index contributed by atoms with van der Waals surface area (Å²) < 4.78 is 37.4. The fourth-order valence-electron chi connectivity index (χ4n) is 1.82. The highest BCUT2D eigenvalue weighted by Crippen LogP contribution is 2.31. The lowest BCUT2D eigenvalue weighted by Crippen LogP contribution is -2.21. The van der Waals surface area contributed by atoms with E-state index < -0.39 is 10.0 Å². The van der Waals surface area contributed by atoms with Gasteiger partial charge in [-0.15, -0.1) is 0 Å². The Morgan fingerprint density at radius 2 is 1.95 bits per heavy atom. The molecule has 5 nitrogen and oxygen atoms in total. The first-order valence-electron chi connectivity index (χ1n) is 5.77. The monoisotopic (exact) mass is 361 g/mol. The number of benzene rings is 1. The van der Waals surface area contributed by atoms with Crippen LogP contribution in [0.3, 0.4) is 0 Å². The Morgan fingerprint density at radius 3 is 2.50 bits per heavy atom. The van der Waals surface area contributed by atoms with Crippen LogP contribution in [0.5, 0.6) is 0 Å². The van der Waals surface area contributed by atoms with E-state index in [4.69, 9.17) is 5.14 Å². The fourth-order valence-corrected chi connectivity index (χ4v) is 2.76. The smallest absolute Gasteiger partial charge is 0.210 e. The van der Waals surface area contributed by atoms with Gasteiger partial charge in [-0.2, -0.15) is 5.10 Å². The minimum Gasteiger partial charge on any atom is -0.262 e.